The predicted molar refractivity (Wildman–Crippen MR) is 67.0 cm³/mol. The van der Waals surface area contributed by atoms with Crippen molar-refractivity contribution in [2.24, 2.45) is 0 Å². The maximum absolute atomic E-state index is 10.2. The fourth-order valence-electron chi connectivity index (χ4n) is 1.13. The van der Waals surface area contributed by atoms with Crippen LogP contribution in [-0.2, 0) is 0 Å². The summed E-state index contributed by atoms with van der Waals surface area (Å²) in [7, 11) is 0. The van der Waals surface area contributed by atoms with Gasteiger partial charge in [0.2, 0.25) is 0 Å². The maximum Gasteiger partial charge on any atom is 0.293 e. The molecular formula is C12H14N4O2. The molecule has 0 amide bonds. The molecular weight excluding hydrogens is 232 g/mol. The van der Waals surface area contributed by atoms with Gasteiger partial charge in [0.25, 0.3) is 5.82 Å². The number of nitrogens with one attached hydrogen (secondary N) is 1. The zero-order valence-corrected chi connectivity index (χ0v) is 9.59. The number of rotatable bonds is 1. The van der Waals surface area contributed by atoms with Gasteiger partial charge in [-0.3, -0.25) is 5.73 Å². The van der Waals surface area contributed by atoms with Gasteiger partial charge in [0.05, 0.1) is 12.2 Å². The van der Waals surface area contributed by atoms with E-state index in [1.807, 2.05) is 0 Å². The fraction of sp³-hybridized carbons (Fsp3) is 0. The molecule has 18 heavy (non-hydrogen) atoms. The highest BCUT2D eigenvalue weighted by Crippen LogP contribution is 2.04. The summed E-state index contributed by atoms with van der Waals surface area (Å²) in [5, 5.41) is 10.2. The second-order valence-corrected chi connectivity index (χ2v) is 3.45. The average molecular weight is 246 g/mol. The number of aromatic amines is 1. The number of nitrogens with two attached hydrogens (primary N) is 3. The van der Waals surface area contributed by atoms with Crippen LogP contribution in [0.5, 0.6) is 0 Å². The molecule has 0 saturated heterocycles. The molecule has 0 radical (unpaired) electrons. The highest BCUT2D eigenvalue weighted by molar-refractivity contribution is 5.86. The molecule has 0 saturated carbocycles. The van der Waals surface area contributed by atoms with Gasteiger partial charge in [-0.05, 0) is 29.8 Å². The van der Waals surface area contributed by atoms with E-state index in [4.69, 9.17) is 17.2 Å². The first-order chi connectivity index (χ1) is 8.50. The van der Waals surface area contributed by atoms with Crippen molar-refractivity contribution < 1.29 is 14.9 Å². The van der Waals surface area contributed by atoms with Crippen LogP contribution in [0.1, 0.15) is 10.4 Å². The van der Waals surface area contributed by atoms with Gasteiger partial charge in [0.1, 0.15) is 5.69 Å². The standard InChI is InChI=1S/C7H7NO2.C5H7N3/c8-6-3-1-2-5(4-6)7(9)10;6-4-2-1-3-8-5(4)7/h1-4H,8H2,(H,9,10);1-3H,6H2,(H2,7,8). The highest BCUT2D eigenvalue weighted by atomic mass is 16.4. The van der Waals surface area contributed by atoms with Crippen molar-refractivity contribution in [3.63, 3.8) is 0 Å². The molecule has 0 unspecified atom stereocenters. The molecule has 2 aromatic rings. The van der Waals surface area contributed by atoms with Gasteiger partial charge < -0.3 is 21.4 Å². The minimum Gasteiger partial charge on any atom is -0.545 e. The van der Waals surface area contributed by atoms with E-state index in [0.29, 0.717) is 17.2 Å². The number of nitrogen functional groups attached to an aromatic ring is 3. The van der Waals surface area contributed by atoms with Gasteiger partial charge >= 0.3 is 0 Å². The monoisotopic (exact) mass is 246 g/mol. The summed E-state index contributed by atoms with van der Waals surface area (Å²) >= 11 is 0. The molecule has 1 aromatic carbocycles. The number of hydrogen-bond donors (Lipinski definition) is 3. The number of hydrogen-bond acceptors (Lipinski definition) is 5. The van der Waals surface area contributed by atoms with Gasteiger partial charge in [-0.1, -0.05) is 12.1 Å². The van der Waals surface area contributed by atoms with Crippen LogP contribution in [0.2, 0.25) is 0 Å². The number of carboxylic acid groups (broad SMARTS) is 1. The predicted octanol–water partition coefficient (Wildman–Crippen LogP) is -0.703. The molecule has 1 aromatic heterocycles. The lowest BCUT2D eigenvalue weighted by Gasteiger charge is -2.00. The summed E-state index contributed by atoms with van der Waals surface area (Å²) in [5.74, 6) is -0.681. The van der Waals surface area contributed by atoms with Crippen LogP contribution in [0.15, 0.2) is 42.6 Å². The van der Waals surface area contributed by atoms with E-state index in [-0.39, 0.29) is 5.56 Å². The van der Waals surface area contributed by atoms with E-state index in [2.05, 4.69) is 4.98 Å². The maximum atomic E-state index is 10.2. The molecule has 0 spiro atoms. The first-order valence-corrected chi connectivity index (χ1v) is 5.09. The van der Waals surface area contributed by atoms with Gasteiger partial charge in [-0.25, -0.2) is 4.98 Å². The zero-order chi connectivity index (χ0) is 13.5. The molecule has 0 bridgehead atoms. The van der Waals surface area contributed by atoms with Crippen LogP contribution in [0.3, 0.4) is 0 Å². The first-order valence-electron chi connectivity index (χ1n) is 5.09. The molecule has 1 heterocycles. The van der Waals surface area contributed by atoms with Crippen molar-refractivity contribution in [1.82, 2.24) is 0 Å². The number of aromatic carboxylic acids is 1. The number of carboxylic acids is 1. The van der Waals surface area contributed by atoms with E-state index in [0.717, 1.165) is 0 Å². The van der Waals surface area contributed by atoms with E-state index in [1.54, 1.807) is 30.5 Å². The molecule has 7 N–H and O–H groups in total. The number of carbonyl (C=O) groups excluding carboxylic acids is 1. The summed E-state index contributed by atoms with van der Waals surface area (Å²) < 4.78 is 0. The van der Waals surface area contributed by atoms with E-state index in [1.165, 1.54) is 12.1 Å². The number of anilines is 3. The second kappa shape index (κ2) is 6.09. The van der Waals surface area contributed by atoms with Crippen LogP contribution in [0, 0.1) is 0 Å². The average Bonchev–Trinajstić information content (AvgIpc) is 2.34. The lowest BCUT2D eigenvalue weighted by molar-refractivity contribution is -0.359. The third-order valence-electron chi connectivity index (χ3n) is 2.04. The minimum atomic E-state index is -1.20. The van der Waals surface area contributed by atoms with Crippen LogP contribution in [-0.4, -0.2) is 5.97 Å². The molecule has 6 nitrogen and oxygen atoms in total. The SMILES string of the molecule is Nc1ccc[nH+]c1N.Nc1cccc(C(=O)[O-])c1. The molecule has 0 aliphatic heterocycles. The van der Waals surface area contributed by atoms with Crippen LogP contribution >= 0.6 is 0 Å². The Kier molecular flexibility index (Phi) is 4.50. The van der Waals surface area contributed by atoms with Gasteiger partial charge in [0, 0.05) is 5.69 Å². The lowest BCUT2D eigenvalue weighted by Crippen LogP contribution is -2.22. The van der Waals surface area contributed by atoms with Crippen molar-refractivity contribution >= 4 is 23.2 Å². The Bertz CT molecular complexity index is 522. The highest BCUT2D eigenvalue weighted by Gasteiger charge is 1.94. The number of benzene rings is 1. The Morgan fingerprint density at radius 2 is 1.83 bits per heavy atom. The summed E-state index contributed by atoms with van der Waals surface area (Å²) in [6.45, 7) is 0. The Balaban J connectivity index is 0.000000184. The minimum absolute atomic E-state index is 0.111. The lowest BCUT2D eigenvalue weighted by atomic mass is 10.2. The van der Waals surface area contributed by atoms with Crippen molar-refractivity contribution in [1.29, 1.82) is 0 Å². The molecule has 94 valence electrons. The van der Waals surface area contributed by atoms with Crippen molar-refractivity contribution in [2.75, 3.05) is 17.2 Å². The Morgan fingerprint density at radius 1 is 1.11 bits per heavy atom. The number of H-pyrrole nitrogens is 1. The van der Waals surface area contributed by atoms with Crippen molar-refractivity contribution in [3.05, 3.63) is 48.2 Å². The van der Waals surface area contributed by atoms with E-state index in [9.17, 15) is 9.90 Å². The number of pyridine rings is 1. The molecule has 2 rings (SSSR count). The summed E-state index contributed by atoms with van der Waals surface area (Å²) in [6, 6.07) is 9.52. The van der Waals surface area contributed by atoms with Crippen molar-refractivity contribution in [3.8, 4) is 0 Å². The van der Waals surface area contributed by atoms with Crippen LogP contribution < -0.4 is 27.3 Å². The Labute approximate surface area is 104 Å². The topological polar surface area (TPSA) is 132 Å². The van der Waals surface area contributed by atoms with E-state index < -0.39 is 5.97 Å². The molecule has 0 atom stereocenters. The van der Waals surface area contributed by atoms with Crippen LogP contribution in [0.4, 0.5) is 17.2 Å². The first kappa shape index (κ1) is 13.3. The second-order valence-electron chi connectivity index (χ2n) is 3.45. The third kappa shape index (κ3) is 4.01. The smallest absolute Gasteiger partial charge is 0.293 e. The Morgan fingerprint density at radius 3 is 2.22 bits per heavy atom. The van der Waals surface area contributed by atoms with Crippen LogP contribution in [0.25, 0.3) is 0 Å². The zero-order valence-electron chi connectivity index (χ0n) is 9.59. The fourth-order valence-corrected chi connectivity index (χ4v) is 1.13. The summed E-state index contributed by atoms with van der Waals surface area (Å²) in [6.07, 6.45) is 1.73. The number of carbonyl (C=O) groups is 1. The third-order valence-corrected chi connectivity index (χ3v) is 2.04. The van der Waals surface area contributed by atoms with Gasteiger partial charge in [-0.2, -0.15) is 0 Å². The van der Waals surface area contributed by atoms with Gasteiger partial charge in [-0.15, -0.1) is 0 Å². The Hall–Kier alpha value is -2.76. The molecule has 0 aliphatic rings. The molecule has 0 aliphatic carbocycles. The molecule has 0 fully saturated rings. The summed E-state index contributed by atoms with van der Waals surface area (Å²) in [4.78, 5) is 12.9. The quantitative estimate of drug-likeness (QED) is 0.572. The summed E-state index contributed by atoms with van der Waals surface area (Å²) in [5.41, 5.74) is 17.1. The largest absolute Gasteiger partial charge is 0.545 e. The number of aromatic nitrogens is 1. The van der Waals surface area contributed by atoms with E-state index >= 15 is 0 Å². The van der Waals surface area contributed by atoms with Gasteiger partial charge in [0.15, 0.2) is 0 Å². The normalized spacial score (nSPS) is 9.11. The van der Waals surface area contributed by atoms with Crippen molar-refractivity contribution in [2.45, 2.75) is 0 Å². The molecule has 6 heteroatoms.